The summed E-state index contributed by atoms with van der Waals surface area (Å²) in [6.07, 6.45) is 1.06. The van der Waals surface area contributed by atoms with Crippen LogP contribution in [0.2, 0.25) is 0 Å². The van der Waals surface area contributed by atoms with Crippen molar-refractivity contribution >= 4 is 17.5 Å². The van der Waals surface area contributed by atoms with Crippen molar-refractivity contribution in [1.29, 1.82) is 0 Å². The first-order valence-corrected chi connectivity index (χ1v) is 13.3. The molecule has 0 fully saturated rings. The smallest absolute Gasteiger partial charge is 0.255 e. The molecule has 0 spiro atoms. The number of likely N-dealkylation sites (N-methyl/N-ethyl adjacent to an activating group) is 1. The van der Waals surface area contributed by atoms with Gasteiger partial charge in [-0.2, -0.15) is 0 Å². The van der Waals surface area contributed by atoms with Crippen LogP contribution in [0.5, 0.6) is 11.5 Å². The minimum atomic E-state index is -2.67. The van der Waals surface area contributed by atoms with Crippen LogP contribution in [0.3, 0.4) is 0 Å². The van der Waals surface area contributed by atoms with Crippen molar-refractivity contribution in [3.8, 4) is 11.5 Å². The van der Waals surface area contributed by atoms with Gasteiger partial charge in [0.15, 0.2) is 11.4 Å². The molecule has 0 saturated carbocycles. The summed E-state index contributed by atoms with van der Waals surface area (Å²) in [7, 11) is 6.64. The first kappa shape index (κ1) is 29.6. The number of ether oxygens (including phenoxy) is 1. The number of carbonyl (C=O) groups excluding carboxylic acids is 3. The fraction of sp³-hybridized carbons (Fsp3) is 0.552. The van der Waals surface area contributed by atoms with Crippen LogP contribution in [0.15, 0.2) is 28.7 Å². The van der Waals surface area contributed by atoms with E-state index in [0.717, 1.165) is 6.42 Å². The summed E-state index contributed by atoms with van der Waals surface area (Å²) in [6.45, 7) is 6.72. The van der Waals surface area contributed by atoms with Crippen molar-refractivity contribution in [3.63, 3.8) is 0 Å². The maximum atomic E-state index is 13.9. The largest absolute Gasteiger partial charge is 0.510 e. The average Bonchev–Trinajstić information content (AvgIpc) is 2.85. The Bertz CT molecular complexity index is 1360. The number of aliphatic hydroxyl groups excluding tert-OH is 2. The number of nitrogens with zero attached hydrogens (tertiary/aromatic N) is 2. The highest BCUT2D eigenvalue weighted by Gasteiger charge is 2.63. The maximum absolute atomic E-state index is 13.9. The monoisotopic (exact) mass is 557 g/mol. The molecule has 0 saturated heterocycles. The van der Waals surface area contributed by atoms with Crippen LogP contribution >= 0.6 is 0 Å². The van der Waals surface area contributed by atoms with Gasteiger partial charge in [0.2, 0.25) is 5.78 Å². The number of benzene rings is 1. The number of aromatic hydroxyl groups is 1. The minimum Gasteiger partial charge on any atom is -0.510 e. The van der Waals surface area contributed by atoms with Gasteiger partial charge in [0.05, 0.1) is 18.7 Å². The molecule has 0 heterocycles. The molecule has 1 amide bonds. The molecule has 1 aromatic rings. The Morgan fingerprint density at radius 1 is 1.20 bits per heavy atom. The summed E-state index contributed by atoms with van der Waals surface area (Å²) in [6, 6.07) is 0.424. The zero-order valence-electron chi connectivity index (χ0n) is 24.0. The normalized spacial score (nSPS) is 26.7. The van der Waals surface area contributed by atoms with E-state index < -0.39 is 58.0 Å². The molecule has 40 heavy (non-hydrogen) atoms. The number of methoxy groups -OCH3 is 1. The molecule has 11 heteroatoms. The summed E-state index contributed by atoms with van der Waals surface area (Å²) in [4.78, 5) is 43.0. The van der Waals surface area contributed by atoms with Crippen LogP contribution in [0.25, 0.3) is 0 Å². The van der Waals surface area contributed by atoms with Crippen molar-refractivity contribution in [2.75, 3.05) is 28.3 Å². The lowest BCUT2D eigenvalue weighted by molar-refractivity contribution is -0.148. The molecule has 11 nitrogen and oxygen atoms in total. The minimum absolute atomic E-state index is 0.0165. The standard InChI is InChI=1S/C29H39N3O8/c1-8-28(2,3)32(6)12-14-11-17(33)19-15(24(14)40-7)9-13-10-16-21(31(4)5)23(35)20(27(30)38)26(37)29(16,39)25(36)18(13)22(19)34/h11,13,16,21,33,35-36,39H,8-10,12H2,1-7H3,(H2,30,38)/t13-,16-,21-,29-/m0/s1. The highest BCUT2D eigenvalue weighted by molar-refractivity contribution is 6.24. The van der Waals surface area contributed by atoms with Gasteiger partial charge >= 0.3 is 0 Å². The Morgan fingerprint density at radius 2 is 1.82 bits per heavy atom. The van der Waals surface area contributed by atoms with Gasteiger partial charge in [-0.25, -0.2) is 0 Å². The number of primary amides is 1. The van der Waals surface area contributed by atoms with E-state index >= 15 is 0 Å². The number of aliphatic hydroxyl groups is 3. The third kappa shape index (κ3) is 4.10. The number of ketones is 2. The summed E-state index contributed by atoms with van der Waals surface area (Å²) >= 11 is 0. The number of carbonyl (C=O) groups is 3. The van der Waals surface area contributed by atoms with Crippen molar-refractivity contribution in [1.82, 2.24) is 9.80 Å². The molecule has 4 rings (SSSR count). The first-order chi connectivity index (χ1) is 18.5. The molecule has 4 atom stereocenters. The topological polar surface area (TPSA) is 174 Å². The van der Waals surface area contributed by atoms with Gasteiger partial charge in [0.1, 0.15) is 28.6 Å². The van der Waals surface area contributed by atoms with Crippen LogP contribution in [-0.4, -0.2) is 93.1 Å². The SMILES string of the molecule is CCC(C)(C)N(C)Cc1cc(O)c2c(c1OC)C[C@H]1C[C@H]3[C@H](N(C)C)C(O)=C(C(N)=O)C(=O)[C@@]3(O)C(O)=C1C2=O. The molecule has 3 aliphatic carbocycles. The lowest BCUT2D eigenvalue weighted by Gasteiger charge is -2.50. The number of hydrogen-bond acceptors (Lipinski definition) is 10. The fourth-order valence-corrected chi connectivity index (χ4v) is 6.47. The highest BCUT2D eigenvalue weighted by atomic mass is 16.5. The third-order valence-corrected chi connectivity index (χ3v) is 9.26. The lowest BCUT2D eigenvalue weighted by Crippen LogP contribution is -2.63. The molecule has 1 aromatic carbocycles. The Kier molecular flexibility index (Phi) is 7.32. The second-order valence-electron chi connectivity index (χ2n) is 11.9. The number of phenols is 1. The number of Topliss-reactive ketones (excluding diaryl/α,β-unsaturated/α-hetero) is 2. The summed E-state index contributed by atoms with van der Waals surface area (Å²) in [5.41, 5.74) is 2.62. The number of phenolic OH excluding ortho intramolecular Hbond substituents is 1. The molecule has 0 aliphatic heterocycles. The van der Waals surface area contributed by atoms with E-state index in [2.05, 4.69) is 25.7 Å². The molecular formula is C29H39N3O8. The number of rotatable bonds is 7. The Balaban J connectivity index is 1.90. The van der Waals surface area contributed by atoms with Gasteiger partial charge in [-0.3, -0.25) is 24.2 Å². The highest BCUT2D eigenvalue weighted by Crippen LogP contribution is 2.53. The van der Waals surface area contributed by atoms with Gasteiger partial charge < -0.3 is 30.9 Å². The van der Waals surface area contributed by atoms with Gasteiger partial charge in [0, 0.05) is 34.7 Å². The Hall–Kier alpha value is -3.41. The van der Waals surface area contributed by atoms with Crippen LogP contribution in [-0.2, 0) is 22.6 Å². The van der Waals surface area contributed by atoms with E-state index in [0.29, 0.717) is 23.4 Å². The van der Waals surface area contributed by atoms with Gasteiger partial charge in [-0.1, -0.05) is 6.92 Å². The van der Waals surface area contributed by atoms with Gasteiger partial charge in [-0.15, -0.1) is 0 Å². The Morgan fingerprint density at radius 3 is 2.35 bits per heavy atom. The van der Waals surface area contributed by atoms with Crippen LogP contribution in [0.1, 0.15) is 55.1 Å². The van der Waals surface area contributed by atoms with Crippen LogP contribution in [0.4, 0.5) is 0 Å². The number of amides is 1. The third-order valence-electron chi connectivity index (χ3n) is 9.26. The average molecular weight is 558 g/mol. The first-order valence-electron chi connectivity index (χ1n) is 13.3. The molecule has 0 bridgehead atoms. The predicted molar refractivity (Wildman–Crippen MR) is 146 cm³/mol. The number of fused-ring (bicyclic) bond motifs is 3. The van der Waals surface area contributed by atoms with Crippen LogP contribution < -0.4 is 10.5 Å². The second kappa shape index (κ2) is 9.90. The molecule has 0 unspecified atom stereocenters. The van der Waals surface area contributed by atoms with E-state index in [9.17, 15) is 34.8 Å². The molecule has 218 valence electrons. The summed E-state index contributed by atoms with van der Waals surface area (Å²) in [5, 5.41) is 45.1. The van der Waals surface area contributed by atoms with Crippen molar-refractivity contribution in [2.24, 2.45) is 17.6 Å². The van der Waals surface area contributed by atoms with E-state index in [1.54, 1.807) is 14.1 Å². The van der Waals surface area contributed by atoms with E-state index in [1.165, 1.54) is 18.1 Å². The quantitative estimate of drug-likeness (QED) is 0.311. The van der Waals surface area contributed by atoms with Crippen molar-refractivity contribution < 1.29 is 39.5 Å². The number of hydrogen-bond donors (Lipinski definition) is 5. The zero-order valence-corrected chi connectivity index (χ0v) is 24.0. The van der Waals surface area contributed by atoms with Crippen molar-refractivity contribution in [2.45, 2.75) is 63.8 Å². The van der Waals surface area contributed by atoms with Gasteiger partial charge in [-0.05, 0) is 66.2 Å². The molecule has 3 aliphatic rings. The van der Waals surface area contributed by atoms with E-state index in [4.69, 9.17) is 10.5 Å². The second-order valence-corrected chi connectivity index (χ2v) is 11.9. The maximum Gasteiger partial charge on any atom is 0.255 e. The fourth-order valence-electron chi connectivity index (χ4n) is 6.47. The molecule has 0 radical (unpaired) electrons. The number of allylic oxidation sites excluding steroid dienone is 1. The molecule has 6 N–H and O–H groups in total. The zero-order chi connectivity index (χ0) is 30.1. The molecule has 0 aromatic heterocycles. The van der Waals surface area contributed by atoms with Crippen molar-refractivity contribution in [3.05, 3.63) is 45.4 Å². The predicted octanol–water partition coefficient (Wildman–Crippen LogP) is 1.75. The van der Waals surface area contributed by atoms with E-state index in [-0.39, 0.29) is 35.3 Å². The molecular weight excluding hydrogens is 518 g/mol. The number of nitrogens with two attached hydrogens (primary N) is 1. The lowest BCUT2D eigenvalue weighted by atomic mass is 9.58. The Labute approximate surface area is 233 Å². The summed E-state index contributed by atoms with van der Waals surface area (Å²) in [5.74, 6) is -6.36. The van der Waals surface area contributed by atoms with E-state index in [1.807, 2.05) is 7.05 Å². The van der Waals surface area contributed by atoms with Gasteiger partial charge in [0.25, 0.3) is 5.91 Å². The summed E-state index contributed by atoms with van der Waals surface area (Å²) < 4.78 is 5.78. The van der Waals surface area contributed by atoms with Crippen LogP contribution in [0, 0.1) is 11.8 Å².